The molecule has 1 N–H and O–H groups in total. The second-order valence-electron chi connectivity index (χ2n) is 5.64. The van der Waals surface area contributed by atoms with Crippen LogP contribution < -0.4 is 4.90 Å². The fraction of sp³-hybridized carbons (Fsp3) is 0.857. The van der Waals surface area contributed by atoms with Crippen LogP contribution in [0.25, 0.3) is 0 Å². The van der Waals surface area contributed by atoms with Crippen LogP contribution in [0.1, 0.15) is 34.1 Å². The second-order valence-corrected chi connectivity index (χ2v) is 5.64. The van der Waals surface area contributed by atoms with E-state index in [1.54, 1.807) is 0 Å². The number of nitrogens with one attached hydrogen (secondary N) is 1. The Bertz CT molecular complexity index is 266. The predicted molar refractivity (Wildman–Crippen MR) is 69.1 cm³/mol. The molecule has 0 aromatic rings. The summed E-state index contributed by atoms with van der Waals surface area (Å²) in [6.45, 7) is 13.2. The van der Waals surface area contributed by atoms with Crippen molar-refractivity contribution < 1.29 is 14.4 Å². The number of hydrogen-bond donors (Lipinski definition) is 1. The highest BCUT2D eigenvalue weighted by atomic mass is 16.5. The van der Waals surface area contributed by atoms with Gasteiger partial charge in [0, 0.05) is 6.42 Å². The van der Waals surface area contributed by atoms with Gasteiger partial charge in [0.2, 0.25) is 0 Å². The smallest absolute Gasteiger partial charge is 0.139 e. The highest BCUT2D eigenvalue weighted by Gasteiger charge is 2.14. The van der Waals surface area contributed by atoms with Crippen molar-refractivity contribution in [3.05, 3.63) is 0 Å². The lowest BCUT2D eigenvalue weighted by Gasteiger charge is -2.23. The number of rotatable bonds is 3. The molecule has 17 heavy (non-hydrogen) atoms. The molecule has 1 atom stereocenters. The number of ether oxygens (including phenoxy) is 2. The Hall–Kier alpha value is -0.560. The van der Waals surface area contributed by atoms with Crippen LogP contribution in [0.3, 0.4) is 0 Å². The molecule has 1 aliphatic rings. The zero-order chi connectivity index (χ0) is 12.7. The van der Waals surface area contributed by atoms with E-state index in [9.17, 15) is 0 Å². The van der Waals surface area contributed by atoms with E-state index in [2.05, 4.69) is 39.5 Å². The monoisotopic (exact) mass is 240 g/mol. The Morgan fingerprint density at radius 2 is 1.88 bits per heavy atom. The van der Waals surface area contributed by atoms with Crippen LogP contribution in [0.2, 0.25) is 0 Å². The lowest BCUT2D eigenvalue weighted by Crippen LogP contribution is -3.14. The van der Waals surface area contributed by atoms with Crippen LogP contribution in [0.15, 0.2) is 0 Å². The van der Waals surface area contributed by atoms with Crippen molar-refractivity contribution >= 4 is 0 Å². The number of quaternary nitrogens is 1. The summed E-state index contributed by atoms with van der Waals surface area (Å²) in [7, 11) is 0. The standard InChI is InChI=1S/C14H25NO2/c1-13(17-14(2,3)4)7-5-6-8-15-9-11-16-12-10-15/h13H,7-12H2,1-4H3/p+1/t13-/m0/s1. The molecule has 1 heterocycles. The van der Waals surface area contributed by atoms with E-state index in [4.69, 9.17) is 9.47 Å². The molecular weight excluding hydrogens is 214 g/mol. The third-order valence-corrected chi connectivity index (χ3v) is 2.61. The predicted octanol–water partition coefficient (Wildman–Crippen LogP) is 0.499. The molecule has 0 amide bonds. The molecule has 0 saturated carbocycles. The minimum atomic E-state index is -0.0729. The van der Waals surface area contributed by atoms with E-state index in [0.29, 0.717) is 0 Å². The van der Waals surface area contributed by atoms with Gasteiger partial charge in [-0.05, 0) is 33.6 Å². The molecule has 1 rings (SSSR count). The topological polar surface area (TPSA) is 22.9 Å². The van der Waals surface area contributed by atoms with Crippen molar-refractivity contribution in [2.45, 2.75) is 45.8 Å². The van der Waals surface area contributed by atoms with Gasteiger partial charge < -0.3 is 14.4 Å². The summed E-state index contributed by atoms with van der Waals surface area (Å²) < 4.78 is 11.1. The molecule has 98 valence electrons. The summed E-state index contributed by atoms with van der Waals surface area (Å²) in [5.74, 6) is 6.47. The van der Waals surface area contributed by atoms with E-state index in [-0.39, 0.29) is 11.7 Å². The van der Waals surface area contributed by atoms with Gasteiger partial charge in [0.1, 0.15) is 19.6 Å². The zero-order valence-electron chi connectivity index (χ0n) is 11.6. The van der Waals surface area contributed by atoms with Crippen molar-refractivity contribution in [3.63, 3.8) is 0 Å². The minimum absolute atomic E-state index is 0.0729. The molecule has 0 bridgehead atoms. The summed E-state index contributed by atoms with van der Waals surface area (Å²) in [5.41, 5.74) is -0.0729. The highest BCUT2D eigenvalue weighted by Crippen LogP contribution is 2.11. The quantitative estimate of drug-likeness (QED) is 0.726. The molecule has 0 spiro atoms. The molecule has 0 aromatic carbocycles. The van der Waals surface area contributed by atoms with Crippen LogP contribution >= 0.6 is 0 Å². The highest BCUT2D eigenvalue weighted by molar-refractivity contribution is 5.00. The van der Waals surface area contributed by atoms with Gasteiger partial charge in [-0.15, -0.1) is 0 Å². The summed E-state index contributed by atoms with van der Waals surface area (Å²) in [4.78, 5) is 1.54. The molecule has 0 aromatic heterocycles. The van der Waals surface area contributed by atoms with Crippen molar-refractivity contribution in [1.82, 2.24) is 0 Å². The van der Waals surface area contributed by atoms with Gasteiger partial charge in [-0.3, -0.25) is 0 Å². The van der Waals surface area contributed by atoms with E-state index >= 15 is 0 Å². The maximum atomic E-state index is 5.80. The molecule has 0 unspecified atom stereocenters. The minimum Gasteiger partial charge on any atom is -0.372 e. The molecule has 1 fully saturated rings. The molecule has 1 saturated heterocycles. The molecule has 3 heteroatoms. The van der Waals surface area contributed by atoms with Crippen LogP contribution in [0.4, 0.5) is 0 Å². The lowest BCUT2D eigenvalue weighted by molar-refractivity contribution is -0.900. The molecular formula is C14H26NO2+. The molecule has 0 aliphatic carbocycles. The fourth-order valence-corrected chi connectivity index (χ4v) is 1.89. The van der Waals surface area contributed by atoms with Gasteiger partial charge in [-0.25, -0.2) is 0 Å². The van der Waals surface area contributed by atoms with Crippen molar-refractivity contribution in [3.8, 4) is 11.8 Å². The van der Waals surface area contributed by atoms with E-state index in [1.165, 1.54) is 4.90 Å². The normalized spacial score (nSPS) is 19.5. The maximum Gasteiger partial charge on any atom is 0.139 e. The van der Waals surface area contributed by atoms with Gasteiger partial charge in [0.25, 0.3) is 0 Å². The molecule has 0 radical (unpaired) electrons. The van der Waals surface area contributed by atoms with Crippen molar-refractivity contribution in [1.29, 1.82) is 0 Å². The first-order chi connectivity index (χ1) is 7.97. The first-order valence-corrected chi connectivity index (χ1v) is 6.52. The maximum absolute atomic E-state index is 5.80. The van der Waals surface area contributed by atoms with Crippen molar-refractivity contribution in [2.75, 3.05) is 32.8 Å². The average Bonchev–Trinajstić information content (AvgIpc) is 2.23. The van der Waals surface area contributed by atoms with E-state index in [0.717, 1.165) is 39.3 Å². The van der Waals surface area contributed by atoms with Crippen LogP contribution in [0.5, 0.6) is 0 Å². The second kappa shape index (κ2) is 7.00. The van der Waals surface area contributed by atoms with Crippen LogP contribution in [-0.4, -0.2) is 44.6 Å². The summed E-state index contributed by atoms with van der Waals surface area (Å²) >= 11 is 0. The first kappa shape index (κ1) is 14.5. The largest absolute Gasteiger partial charge is 0.372 e. The van der Waals surface area contributed by atoms with Gasteiger partial charge >= 0.3 is 0 Å². The number of morpholine rings is 1. The Morgan fingerprint density at radius 1 is 1.24 bits per heavy atom. The van der Waals surface area contributed by atoms with Gasteiger partial charge in [-0.2, -0.15) is 0 Å². The van der Waals surface area contributed by atoms with E-state index < -0.39 is 0 Å². The third-order valence-electron chi connectivity index (χ3n) is 2.61. The molecule has 3 nitrogen and oxygen atoms in total. The zero-order valence-corrected chi connectivity index (χ0v) is 11.6. The van der Waals surface area contributed by atoms with E-state index in [1.807, 2.05) is 0 Å². The Balaban J connectivity index is 2.16. The van der Waals surface area contributed by atoms with Gasteiger partial charge in [0.15, 0.2) is 0 Å². The lowest BCUT2D eigenvalue weighted by atomic mass is 10.1. The van der Waals surface area contributed by atoms with Gasteiger partial charge in [0.05, 0.1) is 24.9 Å². The summed E-state index contributed by atoms with van der Waals surface area (Å²) in [5, 5.41) is 0. The Labute approximate surface area is 105 Å². The van der Waals surface area contributed by atoms with Crippen molar-refractivity contribution in [2.24, 2.45) is 0 Å². The molecule has 1 aliphatic heterocycles. The van der Waals surface area contributed by atoms with Crippen LogP contribution in [-0.2, 0) is 9.47 Å². The summed E-state index contributed by atoms with van der Waals surface area (Å²) in [6.07, 6.45) is 1.03. The fourth-order valence-electron chi connectivity index (χ4n) is 1.89. The summed E-state index contributed by atoms with van der Waals surface area (Å²) in [6, 6.07) is 0. The Morgan fingerprint density at radius 3 is 2.47 bits per heavy atom. The van der Waals surface area contributed by atoms with Gasteiger partial charge in [-0.1, -0.05) is 5.92 Å². The SMILES string of the molecule is C[C@@H](CC#CC[NH+]1CCOCC1)OC(C)(C)C. The number of hydrogen-bond acceptors (Lipinski definition) is 2. The van der Waals surface area contributed by atoms with Crippen LogP contribution in [0, 0.1) is 11.8 Å². The average molecular weight is 240 g/mol. The first-order valence-electron chi connectivity index (χ1n) is 6.52. The third kappa shape index (κ3) is 7.38. The Kier molecular flexibility index (Phi) is 5.97.